The minimum atomic E-state index is -0.0594. The van der Waals surface area contributed by atoms with Crippen LogP contribution in [0.3, 0.4) is 0 Å². The van der Waals surface area contributed by atoms with Gasteiger partial charge >= 0.3 is 0 Å². The van der Waals surface area contributed by atoms with Crippen molar-refractivity contribution in [2.75, 3.05) is 7.11 Å². The lowest BCUT2D eigenvalue weighted by atomic mass is 9.75. The van der Waals surface area contributed by atoms with Crippen molar-refractivity contribution in [2.45, 2.75) is 52.7 Å². The first-order chi connectivity index (χ1) is 6.90. The van der Waals surface area contributed by atoms with E-state index in [-0.39, 0.29) is 23.5 Å². The van der Waals surface area contributed by atoms with Crippen LogP contribution >= 0.6 is 0 Å². The number of hydrogen-bond donors (Lipinski definition) is 1. The third-order valence-corrected chi connectivity index (χ3v) is 3.66. The Kier molecular flexibility index (Phi) is 3.77. The van der Waals surface area contributed by atoms with Crippen LogP contribution in [0.1, 0.15) is 40.5 Å². The molecule has 1 aliphatic rings. The van der Waals surface area contributed by atoms with Gasteiger partial charge in [-0.05, 0) is 19.3 Å². The van der Waals surface area contributed by atoms with Crippen LogP contribution in [0.2, 0.25) is 0 Å². The second kappa shape index (κ2) is 4.52. The van der Waals surface area contributed by atoms with Gasteiger partial charge in [0.2, 0.25) is 5.91 Å². The molecule has 3 nitrogen and oxygen atoms in total. The molecule has 1 rings (SSSR count). The fraction of sp³-hybridized carbons (Fsp3) is 0.917. The topological polar surface area (TPSA) is 38.3 Å². The highest BCUT2D eigenvalue weighted by molar-refractivity contribution is 5.80. The van der Waals surface area contributed by atoms with Crippen molar-refractivity contribution in [3.05, 3.63) is 0 Å². The molecule has 15 heavy (non-hydrogen) atoms. The predicted molar refractivity (Wildman–Crippen MR) is 60.6 cm³/mol. The van der Waals surface area contributed by atoms with Crippen LogP contribution in [0.15, 0.2) is 0 Å². The van der Waals surface area contributed by atoms with Gasteiger partial charge in [0.1, 0.15) is 0 Å². The molecule has 88 valence electrons. The number of nitrogens with one attached hydrogen (secondary N) is 1. The zero-order chi connectivity index (χ0) is 11.6. The quantitative estimate of drug-likeness (QED) is 0.775. The molecular formula is C12H23NO2. The van der Waals surface area contributed by atoms with Crippen molar-refractivity contribution in [1.82, 2.24) is 5.32 Å². The molecule has 0 aromatic carbocycles. The van der Waals surface area contributed by atoms with Gasteiger partial charge < -0.3 is 10.1 Å². The highest BCUT2D eigenvalue weighted by atomic mass is 16.5. The summed E-state index contributed by atoms with van der Waals surface area (Å²) in [7, 11) is 1.71. The largest absolute Gasteiger partial charge is 0.381 e. The third-order valence-electron chi connectivity index (χ3n) is 3.66. The van der Waals surface area contributed by atoms with Crippen molar-refractivity contribution in [2.24, 2.45) is 11.3 Å². The molecule has 1 heterocycles. The minimum Gasteiger partial charge on any atom is -0.381 e. The number of rotatable bonds is 4. The smallest absolute Gasteiger partial charge is 0.220 e. The summed E-state index contributed by atoms with van der Waals surface area (Å²) in [5.41, 5.74) is -0.0594. The van der Waals surface area contributed by atoms with E-state index in [1.807, 2.05) is 6.92 Å². The van der Waals surface area contributed by atoms with Gasteiger partial charge in [-0.1, -0.05) is 20.8 Å². The van der Waals surface area contributed by atoms with E-state index in [1.165, 1.54) is 0 Å². The van der Waals surface area contributed by atoms with E-state index in [0.29, 0.717) is 12.3 Å². The van der Waals surface area contributed by atoms with Crippen molar-refractivity contribution in [1.29, 1.82) is 0 Å². The Morgan fingerprint density at radius 3 is 2.60 bits per heavy atom. The van der Waals surface area contributed by atoms with E-state index < -0.39 is 0 Å². The second-order valence-corrected chi connectivity index (χ2v) is 5.31. The summed E-state index contributed by atoms with van der Waals surface area (Å²) in [4.78, 5) is 11.5. The van der Waals surface area contributed by atoms with Gasteiger partial charge in [-0.25, -0.2) is 0 Å². The van der Waals surface area contributed by atoms with E-state index in [4.69, 9.17) is 4.74 Å². The molecule has 3 unspecified atom stereocenters. The van der Waals surface area contributed by atoms with Gasteiger partial charge in [-0.3, -0.25) is 4.79 Å². The number of hydrogen-bond acceptors (Lipinski definition) is 2. The van der Waals surface area contributed by atoms with E-state index >= 15 is 0 Å². The first-order valence-corrected chi connectivity index (χ1v) is 5.72. The number of carbonyl (C=O) groups is 1. The van der Waals surface area contributed by atoms with Gasteiger partial charge in [0.25, 0.3) is 0 Å². The molecule has 1 saturated heterocycles. The summed E-state index contributed by atoms with van der Waals surface area (Å²) in [5.74, 6) is 0.754. The molecular weight excluding hydrogens is 190 g/mol. The average molecular weight is 213 g/mol. The van der Waals surface area contributed by atoms with Gasteiger partial charge in [-0.2, -0.15) is 0 Å². The Balaban J connectivity index is 2.79. The van der Waals surface area contributed by atoms with Crippen LogP contribution in [0, 0.1) is 11.3 Å². The van der Waals surface area contributed by atoms with E-state index in [0.717, 1.165) is 6.42 Å². The lowest BCUT2D eigenvalue weighted by Crippen LogP contribution is -2.43. The minimum absolute atomic E-state index is 0.0594. The van der Waals surface area contributed by atoms with Crippen LogP contribution in [0.4, 0.5) is 0 Å². The Morgan fingerprint density at radius 1 is 1.53 bits per heavy atom. The molecule has 3 atom stereocenters. The summed E-state index contributed by atoms with van der Waals surface area (Å²) in [6, 6.07) is 0.250. The standard InChI is InChI=1S/C12H23NO2/c1-8(2)6-10-12(4,9(3)15-5)7-11(14)13-10/h8-10H,6-7H2,1-5H3,(H,13,14). The zero-order valence-electron chi connectivity index (χ0n) is 10.5. The number of ether oxygens (including phenoxy) is 1. The molecule has 0 aromatic rings. The zero-order valence-corrected chi connectivity index (χ0v) is 10.5. The summed E-state index contributed by atoms with van der Waals surface area (Å²) in [6.45, 7) is 8.56. The SMILES string of the molecule is COC(C)C1(C)CC(=O)NC1CC(C)C. The maximum atomic E-state index is 11.5. The molecule has 3 heteroatoms. The summed E-state index contributed by atoms with van der Waals surface area (Å²) >= 11 is 0. The van der Waals surface area contributed by atoms with Gasteiger partial charge in [0.05, 0.1) is 6.10 Å². The van der Waals surface area contributed by atoms with Crippen LogP contribution in [0.5, 0.6) is 0 Å². The molecule has 1 amide bonds. The first-order valence-electron chi connectivity index (χ1n) is 5.72. The molecule has 0 radical (unpaired) electrons. The lowest BCUT2D eigenvalue weighted by molar-refractivity contribution is -0.120. The van der Waals surface area contributed by atoms with Crippen molar-refractivity contribution in [3.8, 4) is 0 Å². The Hall–Kier alpha value is -0.570. The lowest BCUT2D eigenvalue weighted by Gasteiger charge is -2.35. The summed E-state index contributed by atoms with van der Waals surface area (Å²) in [6.07, 6.45) is 1.72. The van der Waals surface area contributed by atoms with Gasteiger partial charge in [-0.15, -0.1) is 0 Å². The molecule has 1 aliphatic heterocycles. The van der Waals surface area contributed by atoms with E-state index in [2.05, 4.69) is 26.1 Å². The van der Waals surface area contributed by atoms with Gasteiger partial charge in [0.15, 0.2) is 0 Å². The molecule has 0 spiro atoms. The van der Waals surface area contributed by atoms with Crippen molar-refractivity contribution < 1.29 is 9.53 Å². The molecule has 0 saturated carbocycles. The Morgan fingerprint density at radius 2 is 2.13 bits per heavy atom. The third kappa shape index (κ3) is 2.51. The maximum absolute atomic E-state index is 11.5. The van der Waals surface area contributed by atoms with Crippen LogP contribution < -0.4 is 5.32 Å². The molecule has 1 N–H and O–H groups in total. The predicted octanol–water partition coefficient (Wildman–Crippen LogP) is 1.96. The van der Waals surface area contributed by atoms with Gasteiger partial charge in [0, 0.05) is 25.0 Å². The van der Waals surface area contributed by atoms with Crippen LogP contribution in [-0.2, 0) is 9.53 Å². The normalized spacial score (nSPS) is 33.2. The number of amides is 1. The van der Waals surface area contributed by atoms with Crippen LogP contribution in [-0.4, -0.2) is 25.2 Å². The fourth-order valence-corrected chi connectivity index (χ4v) is 2.38. The maximum Gasteiger partial charge on any atom is 0.220 e. The summed E-state index contributed by atoms with van der Waals surface area (Å²) in [5, 5.41) is 3.07. The van der Waals surface area contributed by atoms with E-state index in [1.54, 1.807) is 7.11 Å². The molecule has 0 aliphatic carbocycles. The second-order valence-electron chi connectivity index (χ2n) is 5.31. The molecule has 1 fully saturated rings. The highest BCUT2D eigenvalue weighted by Crippen LogP contribution is 2.39. The monoisotopic (exact) mass is 213 g/mol. The molecule has 0 bridgehead atoms. The van der Waals surface area contributed by atoms with Crippen molar-refractivity contribution in [3.63, 3.8) is 0 Å². The Labute approximate surface area is 92.6 Å². The number of methoxy groups -OCH3 is 1. The summed E-state index contributed by atoms with van der Waals surface area (Å²) < 4.78 is 5.41. The number of carbonyl (C=O) groups excluding carboxylic acids is 1. The average Bonchev–Trinajstić information content (AvgIpc) is 2.40. The molecule has 0 aromatic heterocycles. The first kappa shape index (κ1) is 12.5. The Bertz CT molecular complexity index is 240. The fourth-order valence-electron chi connectivity index (χ4n) is 2.38. The van der Waals surface area contributed by atoms with Crippen LogP contribution in [0.25, 0.3) is 0 Å². The van der Waals surface area contributed by atoms with Crippen molar-refractivity contribution >= 4 is 5.91 Å². The highest BCUT2D eigenvalue weighted by Gasteiger charge is 2.47. The van der Waals surface area contributed by atoms with E-state index in [9.17, 15) is 4.79 Å².